The lowest BCUT2D eigenvalue weighted by Crippen LogP contribution is -2.62. The van der Waals surface area contributed by atoms with Crippen LogP contribution in [0, 0.1) is 11.3 Å². The maximum atomic E-state index is 15.8. The van der Waals surface area contributed by atoms with E-state index in [0.717, 1.165) is 31.4 Å². The van der Waals surface area contributed by atoms with E-state index in [-0.39, 0.29) is 121 Å². The average Bonchev–Trinajstić information content (AvgIpc) is 1.75. The number of nitrogens with two attached hydrogens (primary N) is 3. The van der Waals surface area contributed by atoms with Gasteiger partial charge in [0.15, 0.2) is 5.96 Å². The molecule has 0 radical (unpaired) electrons. The second-order valence-corrected chi connectivity index (χ2v) is 36.4. The summed E-state index contributed by atoms with van der Waals surface area (Å²) in [6.45, 7) is 4.80. The molecule has 3 fully saturated rings. The number of H-pyrrole nitrogens is 3. The number of thioether (sulfide) groups is 2. The van der Waals surface area contributed by atoms with E-state index >= 15 is 38.4 Å². The zero-order valence-corrected chi connectivity index (χ0v) is 78.6. The summed E-state index contributed by atoms with van der Waals surface area (Å²) in [5.41, 5.74) is 19.9. The number of likely N-dealkylation sites (N-methyl/N-ethyl adjacent to an activating group) is 3. The minimum absolute atomic E-state index is 0.00344. The number of carbonyl (C=O) groups excluding carboxylic acids is 17. The van der Waals surface area contributed by atoms with Crippen molar-refractivity contribution in [2.24, 2.45) is 23.1 Å². The lowest BCUT2D eigenvalue weighted by atomic mass is 10.00. The Morgan fingerprint density at radius 2 is 1.08 bits per heavy atom. The van der Waals surface area contributed by atoms with Gasteiger partial charge in [-0.05, 0) is 124 Å². The van der Waals surface area contributed by atoms with Crippen molar-refractivity contribution < 1.29 is 91.7 Å². The smallest absolute Gasteiger partial charge is 0.246 e. The van der Waals surface area contributed by atoms with Gasteiger partial charge in [-0.2, -0.15) is 11.8 Å². The molecule has 0 bridgehead atoms. The van der Waals surface area contributed by atoms with Crippen LogP contribution >= 0.6 is 23.5 Å². The first-order chi connectivity index (χ1) is 64.4. The molecular formula is C90H126N24O19S2. The first-order valence-corrected chi connectivity index (χ1v) is 47.5. The normalized spacial score (nSPS) is 24.2. The number of amides is 17. The van der Waals surface area contributed by atoms with Crippen molar-refractivity contribution in [1.82, 2.24) is 103 Å². The molecule has 14 atom stereocenters. The molecule has 3 aliphatic heterocycles. The van der Waals surface area contributed by atoms with Crippen LogP contribution in [0.25, 0.3) is 21.8 Å². The number of fused-ring (bicyclic) bond motifs is 4. The number of hydrogen-bond acceptors (Lipinski definition) is 23. The minimum atomic E-state index is -1.85. The molecule has 43 nitrogen and oxygen atoms in total. The number of primary amides is 2. The molecule has 23 N–H and O–H groups in total. The molecular weight excluding hydrogens is 1790 g/mol. The molecule has 17 amide bonds. The second-order valence-electron chi connectivity index (χ2n) is 34.4. The fourth-order valence-corrected chi connectivity index (χ4v) is 17.9. The molecule has 0 aliphatic carbocycles. The average molecular weight is 1910 g/mol. The second kappa shape index (κ2) is 50.7. The van der Waals surface area contributed by atoms with E-state index in [9.17, 15) is 53.4 Å². The molecule has 3 aromatic heterocycles. The molecule has 3 aliphatic rings. The van der Waals surface area contributed by atoms with Gasteiger partial charge in [0.2, 0.25) is 100 Å². The summed E-state index contributed by atoms with van der Waals surface area (Å²) in [6, 6.07) is -1.44. The molecule has 45 heteroatoms. The van der Waals surface area contributed by atoms with Gasteiger partial charge in [0.25, 0.3) is 0 Å². The number of nitrogens with zero attached hydrogens (tertiary/aromatic N) is 6. The number of aliphatic hydroxyl groups excluding tert-OH is 1. The van der Waals surface area contributed by atoms with Crippen molar-refractivity contribution in [3.8, 4) is 5.75 Å². The molecule has 1 unspecified atom stereocenters. The SMILES string of the molecule is CCCC[C@H]1C(=O)N(C)[C@@H](CCSC)C(=O)N[C@@H](CCCNC(=N)N)C(=O)NC(C(=O)NCC(N)=O)CSCC(=O)N[C@@H](Cc2ccc(O)cc2)C(=O)N(C)[C@@H](C)C(=O)N[C@@H](CC(N)=O)C(=O)N2CCC[C@H]2C(=O)N[C@@H](Cc2cnc[nH]2)C(=O)N[C@@H](CC(C)C)C(=O)N2CCC[C@H]2C(=O)N[C@@H](Cc2c[nH]c3ccccc23)C(=O)N[C@@H](CO)C(=O)N[C@@H](Cc2c[nH]c3ccccc23)C(=O)N1C. The van der Waals surface area contributed by atoms with Crippen molar-refractivity contribution in [2.45, 2.75) is 215 Å². The Morgan fingerprint density at radius 3 is 1.64 bits per heavy atom. The van der Waals surface area contributed by atoms with E-state index in [1.807, 2.05) is 6.92 Å². The van der Waals surface area contributed by atoms with Gasteiger partial charge < -0.3 is 125 Å². The van der Waals surface area contributed by atoms with Gasteiger partial charge in [-0.1, -0.05) is 82.1 Å². The summed E-state index contributed by atoms with van der Waals surface area (Å²) in [5.74, 6) is -17.1. The third-order valence-corrected chi connectivity index (χ3v) is 25.7. The highest BCUT2D eigenvalue weighted by atomic mass is 32.2. The van der Waals surface area contributed by atoms with E-state index in [2.05, 4.69) is 78.4 Å². The van der Waals surface area contributed by atoms with E-state index in [0.29, 0.717) is 57.0 Å². The Kier molecular flexibility index (Phi) is 39.6. The Morgan fingerprint density at radius 1 is 0.556 bits per heavy atom. The predicted octanol–water partition coefficient (Wildman–Crippen LogP) is -2.34. The molecule has 6 heterocycles. The summed E-state index contributed by atoms with van der Waals surface area (Å²) in [4.78, 5) is 270. The zero-order valence-electron chi connectivity index (χ0n) is 76.9. The molecule has 9 rings (SSSR count). The fraction of sp³-hybridized carbons (Fsp3) is 0.522. The number of phenols is 1. The molecule has 732 valence electrons. The van der Waals surface area contributed by atoms with Crippen molar-refractivity contribution in [3.05, 3.63) is 120 Å². The third kappa shape index (κ3) is 29.6. The van der Waals surface area contributed by atoms with E-state index < -0.39 is 222 Å². The Hall–Kier alpha value is -13.3. The number of imidazole rings is 1. The number of phenolic OH excluding ortho intramolecular Hbond substituents is 1. The zero-order chi connectivity index (χ0) is 98.4. The number of nitrogens with one attached hydrogen (secondary N) is 15. The number of aromatic nitrogens is 4. The number of benzene rings is 3. The highest BCUT2D eigenvalue weighted by molar-refractivity contribution is 8.00. The molecule has 3 saturated heterocycles. The van der Waals surface area contributed by atoms with Crippen molar-refractivity contribution in [2.75, 3.05) is 77.4 Å². The number of aliphatic hydroxyl groups is 1. The van der Waals surface area contributed by atoms with E-state index in [1.165, 1.54) is 81.5 Å². The van der Waals surface area contributed by atoms with Crippen LogP contribution in [0.2, 0.25) is 0 Å². The maximum absolute atomic E-state index is 15.8. The molecule has 0 spiro atoms. The van der Waals surface area contributed by atoms with Gasteiger partial charge >= 0.3 is 0 Å². The number of aromatic amines is 3. The van der Waals surface area contributed by atoms with Crippen molar-refractivity contribution >= 4 is 152 Å². The molecule has 3 aromatic carbocycles. The Labute approximate surface area is 789 Å². The number of aromatic hydroxyl groups is 1. The number of hydrogen-bond donors (Lipinski definition) is 20. The number of guanidine groups is 1. The summed E-state index contributed by atoms with van der Waals surface area (Å²) in [7, 11) is 3.92. The summed E-state index contributed by atoms with van der Waals surface area (Å²) in [5, 5.41) is 59.9. The van der Waals surface area contributed by atoms with Crippen LogP contribution in [0.1, 0.15) is 127 Å². The fourth-order valence-electron chi connectivity index (χ4n) is 16.6. The monoisotopic (exact) mass is 1910 g/mol. The van der Waals surface area contributed by atoms with Crippen LogP contribution in [0.5, 0.6) is 5.75 Å². The first-order valence-electron chi connectivity index (χ1n) is 45.0. The summed E-state index contributed by atoms with van der Waals surface area (Å²) < 4.78 is 0. The lowest BCUT2D eigenvalue weighted by molar-refractivity contribution is -0.149. The van der Waals surface area contributed by atoms with E-state index in [1.54, 1.807) is 81.0 Å². The van der Waals surface area contributed by atoms with Crippen molar-refractivity contribution in [3.63, 3.8) is 0 Å². The van der Waals surface area contributed by atoms with Crippen LogP contribution in [0.4, 0.5) is 0 Å². The predicted molar refractivity (Wildman–Crippen MR) is 502 cm³/mol. The largest absolute Gasteiger partial charge is 0.508 e. The quantitative estimate of drug-likeness (QED) is 0.0154. The first kappa shape index (κ1) is 105. The highest BCUT2D eigenvalue weighted by Gasteiger charge is 2.46. The Bertz CT molecular complexity index is 5210. The topological polar surface area (TPSA) is 641 Å². The third-order valence-electron chi connectivity index (χ3n) is 24.1. The molecule has 6 aromatic rings. The van der Waals surface area contributed by atoms with Gasteiger partial charge in [-0.25, -0.2) is 4.98 Å². The summed E-state index contributed by atoms with van der Waals surface area (Å²) in [6.07, 6.45) is 7.06. The van der Waals surface area contributed by atoms with Crippen LogP contribution in [0.3, 0.4) is 0 Å². The molecule has 0 saturated carbocycles. The van der Waals surface area contributed by atoms with Crippen LogP contribution in [0.15, 0.2) is 97.7 Å². The highest BCUT2D eigenvalue weighted by Crippen LogP contribution is 2.28. The number of para-hydroxylation sites is 2. The van der Waals surface area contributed by atoms with Gasteiger partial charge in [0.05, 0.1) is 31.7 Å². The van der Waals surface area contributed by atoms with Crippen LogP contribution in [-0.4, -0.2) is 323 Å². The van der Waals surface area contributed by atoms with Gasteiger partial charge in [-0.15, -0.1) is 11.8 Å². The van der Waals surface area contributed by atoms with E-state index in [4.69, 9.17) is 22.6 Å². The summed E-state index contributed by atoms with van der Waals surface area (Å²) >= 11 is 2.08. The molecule has 135 heavy (non-hydrogen) atoms. The van der Waals surface area contributed by atoms with Crippen LogP contribution < -0.4 is 75.7 Å². The lowest BCUT2D eigenvalue weighted by Gasteiger charge is -2.36. The van der Waals surface area contributed by atoms with Gasteiger partial charge in [0, 0.05) is 118 Å². The van der Waals surface area contributed by atoms with Gasteiger partial charge in [-0.3, -0.25) is 86.9 Å². The standard InChI is InChI=1S/C90H126N24O19S2/c1-9-10-23-72-89(133)111(6)69(30-34-134-8)82(126)102-60(22-15-31-96-90(93)94)78(122)109-68(77(121)99-44-74(92)118)46-135-47-75(119)101-64(36-51-26-28-55(116)29-27-51)85(129)110(5)50(4)76(120)105-66(40-73(91)117)88(132)114-33-17-25-71(114)84(128)104-62(39-54-43-95-48-100-54)80(124)106-63(35-49(2)3)87(131)113-32-16-24-70(113)83(127)103-61(37-52-41-97-58-20-13-11-18-56(52)58)79(123)108-67(45-115)81(125)107-65(86(130)112(72)7)38-53-42-98-59-21-14-12-19-57(53)59/h11-14,18-21,26-29,41-43,48-50,60-72,97-98,115-116H,9-10,15-17,22-25,30-40,44-47H2,1-8H3,(H2,91,117)(H2,92,118)(H,95,100)(H,99,121)(H,101,119)(H,102,126)(H,103,127)(H,104,128)(H,105,120)(H,106,124)(H,107,125)(H,108,123)(H,109,122)(H4,93,94,96)/t50-,60-,61-,62-,63-,64-,65-,66-,67-,68?,69-,70-,71-,72-/m0/s1. The van der Waals surface area contributed by atoms with Crippen molar-refractivity contribution in [1.29, 1.82) is 5.41 Å². The maximum Gasteiger partial charge on any atom is 0.246 e. The number of rotatable bonds is 26. The number of carbonyl (C=O) groups is 17. The Balaban J connectivity index is 1.10. The van der Waals surface area contributed by atoms with Crippen LogP contribution in [-0.2, 0) is 107 Å². The minimum Gasteiger partial charge on any atom is -0.508 e. The van der Waals surface area contributed by atoms with Gasteiger partial charge in [0.1, 0.15) is 90.3 Å². The number of unbranched alkanes of at least 4 members (excludes halogenated alkanes) is 1.